The quantitative estimate of drug-likeness (QED) is 0.163. The Bertz CT molecular complexity index is 1900. The van der Waals surface area contributed by atoms with E-state index in [2.05, 4.69) is 20.9 Å². The number of fused-ring (bicyclic) bond motifs is 1. The first kappa shape index (κ1) is 28.7. The minimum atomic E-state index is -0.168. The number of hydrogen-bond donors (Lipinski definition) is 4. The number of pyridine rings is 1. The molecule has 0 spiro atoms. The van der Waals surface area contributed by atoms with Crippen LogP contribution in [0.25, 0.3) is 28.3 Å². The average Bonchev–Trinajstić information content (AvgIpc) is 3.70. The van der Waals surface area contributed by atoms with Crippen molar-refractivity contribution in [3.8, 4) is 22.6 Å². The van der Waals surface area contributed by atoms with Gasteiger partial charge in [-0.2, -0.15) is 0 Å². The zero-order chi connectivity index (χ0) is 30.3. The number of aromatic nitrogens is 4. The molecule has 4 heterocycles. The van der Waals surface area contributed by atoms with E-state index in [1.165, 1.54) is 0 Å². The lowest BCUT2D eigenvalue weighted by Gasteiger charge is -2.10. The number of amides is 2. The van der Waals surface area contributed by atoms with Gasteiger partial charge in [-0.1, -0.05) is 36.4 Å². The molecule has 5 N–H and O–H groups in total. The van der Waals surface area contributed by atoms with Crippen LogP contribution in [-0.2, 0) is 22.4 Å². The van der Waals surface area contributed by atoms with Crippen LogP contribution in [0.1, 0.15) is 10.4 Å². The molecule has 0 saturated heterocycles. The van der Waals surface area contributed by atoms with Gasteiger partial charge in [0.15, 0.2) is 0 Å². The number of carbonyl (C=O) groups is 2. The minimum Gasteiger partial charge on any atom is -0.355 e. The number of nitrogens with two attached hydrogens (primary N) is 1. The lowest BCUT2D eigenvalue weighted by Crippen LogP contribution is -2.31. The summed E-state index contributed by atoms with van der Waals surface area (Å²) in [5, 5.41) is 11.0. The van der Waals surface area contributed by atoms with Crippen molar-refractivity contribution in [2.75, 3.05) is 23.7 Å². The lowest BCUT2D eigenvalue weighted by atomic mass is 10.1. The summed E-state index contributed by atoms with van der Waals surface area (Å²) in [5.41, 5.74) is 11.8. The molecule has 2 aromatic carbocycles. The number of anilines is 3. The van der Waals surface area contributed by atoms with E-state index in [0.29, 0.717) is 36.7 Å². The van der Waals surface area contributed by atoms with E-state index in [-0.39, 0.29) is 18.4 Å². The van der Waals surface area contributed by atoms with Gasteiger partial charge in [0, 0.05) is 40.8 Å². The van der Waals surface area contributed by atoms with Gasteiger partial charge in [0.1, 0.15) is 5.65 Å². The summed E-state index contributed by atoms with van der Waals surface area (Å²) in [5.74, 6) is 0.202. The van der Waals surface area contributed by atoms with Crippen LogP contribution in [0.3, 0.4) is 0 Å². The molecule has 2 amide bonds. The van der Waals surface area contributed by atoms with Crippen molar-refractivity contribution >= 4 is 46.1 Å². The number of imidazole rings is 1. The average molecular weight is 603 g/mol. The Kier molecular flexibility index (Phi) is 8.67. The van der Waals surface area contributed by atoms with Crippen molar-refractivity contribution in [1.82, 2.24) is 24.7 Å². The molecule has 10 nitrogen and oxygen atoms in total. The molecular weight excluding hydrogens is 572 g/mol. The summed E-state index contributed by atoms with van der Waals surface area (Å²) in [6.07, 6.45) is 4.70. The molecular formula is C33H30N8O2S. The summed E-state index contributed by atoms with van der Waals surface area (Å²) in [7, 11) is 0. The fraction of sp³-hybridized carbons (Fsp3) is 0.121. The Labute approximate surface area is 258 Å². The second-order valence-corrected chi connectivity index (χ2v) is 11.0. The first-order valence-electron chi connectivity index (χ1n) is 14.1. The third-order valence-corrected chi connectivity index (χ3v) is 7.77. The highest BCUT2D eigenvalue weighted by Crippen LogP contribution is 2.33. The predicted octanol–water partition coefficient (Wildman–Crippen LogP) is 5.06. The molecule has 0 unspecified atom stereocenters. The molecule has 44 heavy (non-hydrogen) atoms. The molecule has 0 radical (unpaired) electrons. The van der Waals surface area contributed by atoms with Crippen molar-refractivity contribution in [2.45, 2.75) is 12.8 Å². The van der Waals surface area contributed by atoms with Gasteiger partial charge >= 0.3 is 0 Å². The predicted molar refractivity (Wildman–Crippen MR) is 174 cm³/mol. The molecule has 6 aromatic rings. The summed E-state index contributed by atoms with van der Waals surface area (Å²) < 4.78 is 2.00. The number of nitrogens with one attached hydrogen (secondary N) is 3. The van der Waals surface area contributed by atoms with E-state index in [1.807, 2.05) is 101 Å². The highest BCUT2D eigenvalue weighted by Gasteiger charge is 2.18. The number of hydrogen-bond acceptors (Lipinski definition) is 8. The summed E-state index contributed by atoms with van der Waals surface area (Å²) in [6.45, 7) is 0.513. The Morgan fingerprint density at radius 1 is 0.886 bits per heavy atom. The van der Waals surface area contributed by atoms with E-state index in [9.17, 15) is 9.59 Å². The van der Waals surface area contributed by atoms with Crippen LogP contribution in [0.15, 0.2) is 103 Å². The monoisotopic (exact) mass is 602 g/mol. The summed E-state index contributed by atoms with van der Waals surface area (Å²) in [6, 6.07) is 27.2. The van der Waals surface area contributed by atoms with E-state index < -0.39 is 0 Å². The smallest absolute Gasteiger partial charge is 0.233 e. The van der Waals surface area contributed by atoms with E-state index in [0.717, 1.165) is 38.7 Å². The van der Waals surface area contributed by atoms with Gasteiger partial charge in [-0.15, -0.1) is 11.3 Å². The molecule has 4 aromatic heterocycles. The van der Waals surface area contributed by atoms with Crippen LogP contribution >= 0.6 is 11.3 Å². The van der Waals surface area contributed by atoms with Gasteiger partial charge in [0.25, 0.3) is 0 Å². The van der Waals surface area contributed by atoms with Gasteiger partial charge < -0.3 is 21.7 Å². The standard InChI is InChI=1S/C33H30N8O2S/c34-21-30(43)35-15-13-22-9-11-24(12-10-22)38-33-36-16-14-27(39-33)32-31(40-28-8-1-2-17-41(28)32)23-5-3-6-25(19-23)37-29(42)20-26-7-4-18-44-26/h1-12,14,16-19H,13,15,20-21,34H2,(H,35,43)(H,37,42)(H,36,38,39). The molecule has 0 saturated carbocycles. The van der Waals surface area contributed by atoms with Crippen molar-refractivity contribution in [3.05, 3.63) is 113 Å². The van der Waals surface area contributed by atoms with Crippen LogP contribution in [0.4, 0.5) is 17.3 Å². The lowest BCUT2D eigenvalue weighted by molar-refractivity contribution is -0.119. The van der Waals surface area contributed by atoms with Gasteiger partial charge in [0.05, 0.1) is 30.0 Å². The molecule has 0 aliphatic heterocycles. The molecule has 0 aliphatic rings. The molecule has 6 rings (SSSR count). The number of benzene rings is 2. The molecule has 11 heteroatoms. The van der Waals surface area contributed by atoms with E-state index >= 15 is 0 Å². The van der Waals surface area contributed by atoms with E-state index in [4.69, 9.17) is 15.7 Å². The SMILES string of the molecule is NCC(=O)NCCc1ccc(Nc2nccc(-c3c(-c4cccc(NC(=O)Cc5cccs5)c4)nc4ccccn34)n2)cc1. The number of rotatable bonds is 11. The summed E-state index contributed by atoms with van der Waals surface area (Å²) in [4.78, 5) is 39.3. The first-order valence-corrected chi connectivity index (χ1v) is 15.0. The van der Waals surface area contributed by atoms with Gasteiger partial charge in [0.2, 0.25) is 17.8 Å². The van der Waals surface area contributed by atoms with Crippen molar-refractivity contribution in [1.29, 1.82) is 0 Å². The number of carbonyl (C=O) groups excluding carboxylic acids is 2. The van der Waals surface area contributed by atoms with Crippen LogP contribution in [0.5, 0.6) is 0 Å². The number of thiophene rings is 1. The van der Waals surface area contributed by atoms with Crippen LogP contribution < -0.4 is 21.7 Å². The molecule has 220 valence electrons. The Morgan fingerprint density at radius 2 is 1.77 bits per heavy atom. The fourth-order valence-electron chi connectivity index (χ4n) is 4.82. The maximum atomic E-state index is 12.7. The zero-order valence-corrected chi connectivity index (χ0v) is 24.6. The maximum absolute atomic E-state index is 12.7. The summed E-state index contributed by atoms with van der Waals surface area (Å²) >= 11 is 1.56. The molecule has 0 fully saturated rings. The molecule has 0 bridgehead atoms. The van der Waals surface area contributed by atoms with Gasteiger partial charge in [-0.05, 0) is 65.9 Å². The minimum absolute atomic E-state index is 0.0145. The van der Waals surface area contributed by atoms with Crippen LogP contribution in [-0.4, -0.2) is 44.3 Å². The second kappa shape index (κ2) is 13.3. The third-order valence-electron chi connectivity index (χ3n) is 6.89. The van der Waals surface area contributed by atoms with Crippen molar-refractivity contribution in [3.63, 3.8) is 0 Å². The van der Waals surface area contributed by atoms with Crippen LogP contribution in [0, 0.1) is 0 Å². The topological polar surface area (TPSA) is 139 Å². The maximum Gasteiger partial charge on any atom is 0.233 e. The second-order valence-electron chi connectivity index (χ2n) is 10.0. The normalized spacial score (nSPS) is 10.9. The highest BCUT2D eigenvalue weighted by molar-refractivity contribution is 7.10. The highest BCUT2D eigenvalue weighted by atomic mass is 32.1. The van der Waals surface area contributed by atoms with E-state index in [1.54, 1.807) is 17.5 Å². The zero-order valence-electron chi connectivity index (χ0n) is 23.7. The Hall–Kier alpha value is -5.39. The van der Waals surface area contributed by atoms with Crippen LogP contribution in [0.2, 0.25) is 0 Å². The number of nitrogens with zero attached hydrogens (tertiary/aromatic N) is 4. The Balaban J connectivity index is 1.25. The largest absolute Gasteiger partial charge is 0.355 e. The van der Waals surface area contributed by atoms with Crippen molar-refractivity contribution in [2.24, 2.45) is 5.73 Å². The fourth-order valence-corrected chi connectivity index (χ4v) is 5.52. The van der Waals surface area contributed by atoms with Crippen molar-refractivity contribution < 1.29 is 9.59 Å². The molecule has 0 aliphatic carbocycles. The van der Waals surface area contributed by atoms with Gasteiger partial charge in [-0.25, -0.2) is 15.0 Å². The van der Waals surface area contributed by atoms with Gasteiger partial charge in [-0.3, -0.25) is 14.0 Å². The Morgan fingerprint density at radius 3 is 2.59 bits per heavy atom. The third kappa shape index (κ3) is 6.80. The molecule has 0 atom stereocenters. The first-order chi connectivity index (χ1) is 21.6.